The maximum atomic E-state index is 5.91. The Labute approximate surface area is 86.4 Å². The molecule has 1 heterocycles. The molecule has 1 aromatic heterocycles. The third kappa shape index (κ3) is 2.83. The average Bonchev–Trinajstić information content (AvgIpc) is 2.51. The molecule has 0 aromatic carbocycles. The van der Waals surface area contributed by atoms with E-state index in [4.69, 9.17) is 14.9 Å². The molecule has 0 saturated heterocycles. The van der Waals surface area contributed by atoms with Gasteiger partial charge in [-0.1, -0.05) is 0 Å². The van der Waals surface area contributed by atoms with E-state index in [0.717, 1.165) is 16.7 Å². The number of ether oxygens (including phenoxy) is 1. The second kappa shape index (κ2) is 4.79. The van der Waals surface area contributed by atoms with Crippen LogP contribution < -0.4 is 5.73 Å². The summed E-state index contributed by atoms with van der Waals surface area (Å²) in [6.45, 7) is 1.98. The van der Waals surface area contributed by atoms with E-state index in [0.29, 0.717) is 0 Å². The molecule has 0 radical (unpaired) electrons. The van der Waals surface area contributed by atoms with Crippen LogP contribution in [0.25, 0.3) is 0 Å². The fourth-order valence-corrected chi connectivity index (χ4v) is 1.63. The highest BCUT2D eigenvalue weighted by atomic mass is 79.9. The summed E-state index contributed by atoms with van der Waals surface area (Å²) in [6, 6.07) is 1.73. The first-order valence-corrected chi connectivity index (χ1v) is 4.95. The molecule has 0 amide bonds. The fraction of sp³-hybridized carbons (Fsp3) is 0.556. The Kier molecular flexibility index (Phi) is 3.96. The van der Waals surface area contributed by atoms with Crippen molar-refractivity contribution in [2.45, 2.75) is 25.5 Å². The molecule has 2 N–H and O–H groups in total. The minimum absolute atomic E-state index is 0.112. The van der Waals surface area contributed by atoms with Gasteiger partial charge in [0.1, 0.15) is 5.76 Å². The Morgan fingerprint density at radius 2 is 2.38 bits per heavy atom. The molecule has 2 atom stereocenters. The van der Waals surface area contributed by atoms with Gasteiger partial charge in [0.05, 0.1) is 22.9 Å². The summed E-state index contributed by atoms with van der Waals surface area (Å²) in [5.74, 6) is 0.781. The number of methoxy groups -OCH3 is 1. The number of rotatable bonds is 4. The third-order valence-corrected chi connectivity index (χ3v) is 2.62. The highest BCUT2D eigenvalue weighted by Crippen LogP contribution is 2.26. The van der Waals surface area contributed by atoms with Gasteiger partial charge in [0.2, 0.25) is 0 Å². The molecule has 1 aromatic rings. The lowest BCUT2D eigenvalue weighted by molar-refractivity contribution is 0.102. The van der Waals surface area contributed by atoms with Gasteiger partial charge < -0.3 is 14.9 Å². The first-order chi connectivity index (χ1) is 6.15. The highest BCUT2D eigenvalue weighted by Gasteiger charge is 2.16. The largest absolute Gasteiger partial charge is 0.466 e. The minimum atomic E-state index is -0.112. The summed E-state index contributed by atoms with van der Waals surface area (Å²) >= 11 is 3.36. The Morgan fingerprint density at radius 1 is 1.69 bits per heavy atom. The van der Waals surface area contributed by atoms with Crippen LogP contribution in [0.5, 0.6) is 0 Å². The molecule has 0 aliphatic rings. The Hall–Kier alpha value is -0.320. The van der Waals surface area contributed by atoms with E-state index in [-0.39, 0.29) is 12.1 Å². The monoisotopic (exact) mass is 247 g/mol. The van der Waals surface area contributed by atoms with Crippen LogP contribution >= 0.6 is 15.9 Å². The second-order valence-electron chi connectivity index (χ2n) is 3.02. The Balaban J connectivity index is 2.58. The lowest BCUT2D eigenvalue weighted by atomic mass is 10.1. The van der Waals surface area contributed by atoms with Gasteiger partial charge in [-0.2, -0.15) is 0 Å². The summed E-state index contributed by atoms with van der Waals surface area (Å²) in [7, 11) is 1.68. The summed E-state index contributed by atoms with van der Waals surface area (Å²) in [5, 5.41) is 0. The van der Waals surface area contributed by atoms with Gasteiger partial charge in [-0.05, 0) is 35.3 Å². The van der Waals surface area contributed by atoms with Crippen LogP contribution in [0, 0.1) is 0 Å². The van der Waals surface area contributed by atoms with E-state index in [1.807, 2.05) is 13.0 Å². The van der Waals surface area contributed by atoms with Crippen LogP contribution in [0.3, 0.4) is 0 Å². The number of hydrogen-bond donors (Lipinski definition) is 1. The van der Waals surface area contributed by atoms with Gasteiger partial charge >= 0.3 is 0 Å². The van der Waals surface area contributed by atoms with Gasteiger partial charge in [-0.3, -0.25) is 0 Å². The first-order valence-electron chi connectivity index (χ1n) is 4.16. The van der Waals surface area contributed by atoms with Crippen molar-refractivity contribution in [1.82, 2.24) is 0 Å². The molecule has 4 heteroatoms. The maximum Gasteiger partial charge on any atom is 0.134 e. The lowest BCUT2D eigenvalue weighted by Crippen LogP contribution is -2.17. The lowest BCUT2D eigenvalue weighted by Gasteiger charge is -2.14. The molecule has 3 nitrogen and oxygen atoms in total. The van der Waals surface area contributed by atoms with Crippen LogP contribution in [0.4, 0.5) is 0 Å². The molecular weight excluding hydrogens is 234 g/mol. The van der Waals surface area contributed by atoms with Crippen LogP contribution in [-0.4, -0.2) is 13.2 Å². The summed E-state index contributed by atoms with van der Waals surface area (Å²) in [5.41, 5.74) is 5.91. The van der Waals surface area contributed by atoms with Gasteiger partial charge in [0, 0.05) is 7.11 Å². The normalized spacial score (nSPS) is 15.7. The number of nitrogens with two attached hydrogens (primary N) is 1. The fourth-order valence-electron chi connectivity index (χ4n) is 1.13. The first kappa shape index (κ1) is 10.8. The van der Waals surface area contributed by atoms with Crippen molar-refractivity contribution in [3.63, 3.8) is 0 Å². The van der Waals surface area contributed by atoms with Crippen molar-refractivity contribution in [2.75, 3.05) is 7.11 Å². The molecule has 0 saturated carbocycles. The molecule has 0 spiro atoms. The zero-order valence-corrected chi connectivity index (χ0v) is 9.37. The molecule has 74 valence electrons. The molecule has 0 aliphatic heterocycles. The van der Waals surface area contributed by atoms with E-state index in [2.05, 4.69) is 15.9 Å². The van der Waals surface area contributed by atoms with Crippen LogP contribution in [0.2, 0.25) is 0 Å². The Morgan fingerprint density at radius 3 is 2.85 bits per heavy atom. The van der Waals surface area contributed by atoms with Crippen molar-refractivity contribution in [3.8, 4) is 0 Å². The predicted molar refractivity (Wildman–Crippen MR) is 54.4 cm³/mol. The van der Waals surface area contributed by atoms with E-state index in [1.54, 1.807) is 13.4 Å². The van der Waals surface area contributed by atoms with Crippen molar-refractivity contribution in [1.29, 1.82) is 0 Å². The van der Waals surface area contributed by atoms with Gasteiger partial charge in [0.25, 0.3) is 0 Å². The van der Waals surface area contributed by atoms with E-state index in [1.165, 1.54) is 0 Å². The molecule has 0 aliphatic carbocycles. The van der Waals surface area contributed by atoms with Gasteiger partial charge in [-0.25, -0.2) is 0 Å². The van der Waals surface area contributed by atoms with Crippen LogP contribution in [-0.2, 0) is 4.74 Å². The van der Waals surface area contributed by atoms with Crippen molar-refractivity contribution >= 4 is 15.9 Å². The van der Waals surface area contributed by atoms with Gasteiger partial charge in [-0.15, -0.1) is 0 Å². The molecule has 1 rings (SSSR count). The van der Waals surface area contributed by atoms with Gasteiger partial charge in [0.15, 0.2) is 0 Å². The number of furan rings is 1. The molecule has 13 heavy (non-hydrogen) atoms. The second-order valence-corrected chi connectivity index (χ2v) is 3.88. The molecule has 0 fully saturated rings. The quantitative estimate of drug-likeness (QED) is 0.890. The highest BCUT2D eigenvalue weighted by molar-refractivity contribution is 9.10. The van der Waals surface area contributed by atoms with Crippen molar-refractivity contribution in [2.24, 2.45) is 5.73 Å². The van der Waals surface area contributed by atoms with E-state index < -0.39 is 0 Å². The topological polar surface area (TPSA) is 48.4 Å². The Bertz CT molecular complexity index is 262. The predicted octanol–water partition coefficient (Wildman–Crippen LogP) is 2.47. The van der Waals surface area contributed by atoms with Crippen LogP contribution in [0.15, 0.2) is 21.2 Å². The van der Waals surface area contributed by atoms with E-state index in [9.17, 15) is 0 Å². The van der Waals surface area contributed by atoms with Crippen molar-refractivity contribution in [3.05, 3.63) is 22.6 Å². The number of hydrogen-bond acceptors (Lipinski definition) is 3. The smallest absolute Gasteiger partial charge is 0.134 e. The molecule has 0 bridgehead atoms. The van der Waals surface area contributed by atoms with Crippen LogP contribution in [0.1, 0.15) is 25.1 Å². The molecule has 2 unspecified atom stereocenters. The minimum Gasteiger partial charge on any atom is -0.466 e. The zero-order valence-electron chi connectivity index (χ0n) is 7.79. The maximum absolute atomic E-state index is 5.91. The standard InChI is InChI=1S/C9H14BrNO2/c1-6(12-2)5-8(11)9-7(10)3-4-13-9/h3-4,6,8H,5,11H2,1-2H3. The summed E-state index contributed by atoms with van der Waals surface area (Å²) in [4.78, 5) is 0. The summed E-state index contributed by atoms with van der Waals surface area (Å²) in [6.07, 6.45) is 2.52. The summed E-state index contributed by atoms with van der Waals surface area (Å²) < 4.78 is 11.3. The third-order valence-electron chi connectivity index (χ3n) is 1.97. The zero-order chi connectivity index (χ0) is 9.84. The SMILES string of the molecule is COC(C)CC(N)c1occc1Br. The molecular formula is C9H14BrNO2. The van der Waals surface area contributed by atoms with E-state index >= 15 is 0 Å². The van der Waals surface area contributed by atoms with Crippen molar-refractivity contribution < 1.29 is 9.15 Å². The average molecular weight is 248 g/mol. The number of halogens is 1.